The van der Waals surface area contributed by atoms with Gasteiger partial charge in [-0.2, -0.15) is 0 Å². The largest absolute Gasteiger partial charge is 0.276 e. The Morgan fingerprint density at radius 2 is 1.16 bits per heavy atom. The van der Waals surface area contributed by atoms with Gasteiger partial charge in [0, 0.05) is 26.4 Å². The summed E-state index contributed by atoms with van der Waals surface area (Å²) in [7, 11) is 0. The van der Waals surface area contributed by atoms with Crippen molar-refractivity contribution >= 4 is 95.7 Å². The summed E-state index contributed by atoms with van der Waals surface area (Å²) in [4.78, 5) is 10.7. The molecule has 4 aromatic heterocycles. The van der Waals surface area contributed by atoms with E-state index >= 15 is 0 Å². The summed E-state index contributed by atoms with van der Waals surface area (Å²) in [6, 6.07) is 45.3. The van der Waals surface area contributed by atoms with E-state index < -0.39 is 0 Å². The van der Waals surface area contributed by atoms with Crippen molar-refractivity contribution < 1.29 is 0 Å². The van der Waals surface area contributed by atoms with Crippen LogP contribution < -0.4 is 0 Å². The molecule has 0 saturated carbocycles. The molecule has 43 heavy (non-hydrogen) atoms. The zero-order valence-corrected chi connectivity index (χ0v) is 24.4. The topological polar surface area (TPSA) is 30.7 Å². The van der Waals surface area contributed by atoms with E-state index in [1.807, 2.05) is 22.7 Å². The highest BCUT2D eigenvalue weighted by Crippen LogP contribution is 2.50. The molecule has 5 heteroatoms. The lowest BCUT2D eigenvalue weighted by Gasteiger charge is -2.13. The molecule has 200 valence electrons. The van der Waals surface area contributed by atoms with E-state index in [0.717, 1.165) is 27.7 Å². The molecular weight excluding hydrogens is 563 g/mol. The quantitative estimate of drug-likeness (QED) is 0.190. The van der Waals surface area contributed by atoms with Crippen LogP contribution in [0, 0.1) is 0 Å². The molecule has 0 saturated heterocycles. The molecule has 0 bridgehead atoms. The monoisotopic (exact) mass is 583 g/mol. The second kappa shape index (κ2) is 8.71. The maximum absolute atomic E-state index is 5.42. The van der Waals surface area contributed by atoms with Gasteiger partial charge in [0.1, 0.15) is 0 Å². The van der Waals surface area contributed by atoms with Gasteiger partial charge in [0.2, 0.25) is 5.95 Å². The zero-order valence-electron chi connectivity index (χ0n) is 22.8. The van der Waals surface area contributed by atoms with E-state index in [0.29, 0.717) is 5.95 Å². The van der Waals surface area contributed by atoms with E-state index in [9.17, 15) is 0 Å². The lowest BCUT2D eigenvalue weighted by molar-refractivity contribution is 1.02. The van der Waals surface area contributed by atoms with Crippen molar-refractivity contribution in [3.8, 4) is 17.2 Å². The molecular formula is C38H21N3S2. The van der Waals surface area contributed by atoms with Crippen molar-refractivity contribution in [2.75, 3.05) is 0 Å². The van der Waals surface area contributed by atoms with Crippen molar-refractivity contribution in [3.05, 3.63) is 127 Å². The first-order valence-corrected chi connectivity index (χ1v) is 16.0. The number of hydrogen-bond donors (Lipinski definition) is 0. The number of rotatable bonds is 2. The number of para-hydroxylation sites is 1. The molecule has 0 atom stereocenters. The predicted molar refractivity (Wildman–Crippen MR) is 185 cm³/mol. The van der Waals surface area contributed by atoms with Crippen molar-refractivity contribution in [1.29, 1.82) is 0 Å². The fourth-order valence-electron chi connectivity index (χ4n) is 6.72. The zero-order chi connectivity index (χ0) is 28.1. The minimum Gasteiger partial charge on any atom is -0.276 e. The van der Waals surface area contributed by atoms with E-state index in [2.05, 4.69) is 132 Å². The van der Waals surface area contributed by atoms with Crippen LogP contribution >= 0.6 is 22.7 Å². The fourth-order valence-corrected chi connectivity index (χ4v) is 9.54. The lowest BCUT2D eigenvalue weighted by atomic mass is 10.0. The van der Waals surface area contributed by atoms with Gasteiger partial charge >= 0.3 is 0 Å². The van der Waals surface area contributed by atoms with Crippen LogP contribution in [0.1, 0.15) is 0 Å². The summed E-state index contributed by atoms with van der Waals surface area (Å²) < 4.78 is 7.55. The van der Waals surface area contributed by atoms with Crippen molar-refractivity contribution in [2.24, 2.45) is 0 Å². The van der Waals surface area contributed by atoms with Crippen LogP contribution in [-0.4, -0.2) is 14.5 Å². The molecule has 0 aliphatic heterocycles. The highest BCUT2D eigenvalue weighted by molar-refractivity contribution is 7.37. The summed E-state index contributed by atoms with van der Waals surface area (Å²) in [5, 5.41) is 8.62. The summed E-state index contributed by atoms with van der Waals surface area (Å²) in [5.74, 6) is 0.704. The maximum atomic E-state index is 5.42. The third-order valence-electron chi connectivity index (χ3n) is 8.61. The van der Waals surface area contributed by atoms with Gasteiger partial charge in [-0.1, -0.05) is 109 Å². The average molecular weight is 584 g/mol. The molecule has 0 amide bonds. The molecule has 0 unspecified atom stereocenters. The van der Waals surface area contributed by atoms with Gasteiger partial charge in [0.15, 0.2) is 0 Å². The Kier molecular flexibility index (Phi) is 4.75. The van der Waals surface area contributed by atoms with Crippen molar-refractivity contribution in [3.63, 3.8) is 0 Å². The van der Waals surface area contributed by atoms with Crippen LogP contribution in [0.4, 0.5) is 0 Å². The van der Waals surface area contributed by atoms with Crippen LogP contribution in [0.25, 0.3) is 90.3 Å². The SMILES string of the molecule is c1ccc(-c2nc(-n3c4ccccc4c4sc5c(sc6ccc7ccccc7c65)c43)nc3ccc4ccccc4c23)cc1. The average Bonchev–Trinajstić information content (AvgIpc) is 3.72. The first-order chi connectivity index (χ1) is 21.3. The Morgan fingerprint density at radius 1 is 0.488 bits per heavy atom. The van der Waals surface area contributed by atoms with Gasteiger partial charge in [-0.25, -0.2) is 9.97 Å². The number of aromatic nitrogens is 3. The first kappa shape index (κ1) is 23.5. The molecule has 0 aliphatic rings. The minimum absolute atomic E-state index is 0.704. The van der Waals surface area contributed by atoms with E-state index in [1.54, 1.807) is 0 Å². The maximum Gasteiger partial charge on any atom is 0.235 e. The second-order valence-corrected chi connectivity index (χ2v) is 13.0. The van der Waals surface area contributed by atoms with E-state index in [4.69, 9.17) is 9.97 Å². The molecule has 6 aromatic carbocycles. The molecule has 10 rings (SSSR count). The molecule has 4 heterocycles. The second-order valence-electron chi connectivity index (χ2n) is 11.0. The molecule has 3 nitrogen and oxygen atoms in total. The van der Waals surface area contributed by atoms with E-state index in [1.165, 1.54) is 56.6 Å². The Bertz CT molecular complexity index is 2730. The Labute approximate surface area is 253 Å². The Balaban J connectivity index is 1.38. The van der Waals surface area contributed by atoms with Crippen LogP contribution in [0.3, 0.4) is 0 Å². The molecule has 0 radical (unpaired) electrons. The van der Waals surface area contributed by atoms with E-state index in [-0.39, 0.29) is 0 Å². The third kappa shape index (κ3) is 3.23. The predicted octanol–water partition coefficient (Wildman–Crippen LogP) is 11.1. The third-order valence-corrected chi connectivity index (χ3v) is 11.1. The molecule has 0 spiro atoms. The van der Waals surface area contributed by atoms with Gasteiger partial charge in [-0.3, -0.25) is 4.57 Å². The smallest absolute Gasteiger partial charge is 0.235 e. The highest BCUT2D eigenvalue weighted by atomic mass is 32.1. The normalized spacial score (nSPS) is 12.2. The summed E-state index contributed by atoms with van der Waals surface area (Å²) >= 11 is 3.77. The van der Waals surface area contributed by atoms with Crippen LogP contribution in [-0.2, 0) is 0 Å². The van der Waals surface area contributed by atoms with Crippen LogP contribution in [0.5, 0.6) is 0 Å². The van der Waals surface area contributed by atoms with Crippen molar-refractivity contribution in [2.45, 2.75) is 0 Å². The Hall–Kier alpha value is -5.10. The first-order valence-electron chi connectivity index (χ1n) is 14.3. The highest BCUT2D eigenvalue weighted by Gasteiger charge is 2.24. The van der Waals surface area contributed by atoms with Gasteiger partial charge in [0.25, 0.3) is 0 Å². The van der Waals surface area contributed by atoms with Crippen molar-refractivity contribution in [1.82, 2.24) is 14.5 Å². The fraction of sp³-hybridized carbons (Fsp3) is 0. The van der Waals surface area contributed by atoms with Gasteiger partial charge in [-0.15, -0.1) is 22.7 Å². The molecule has 0 aliphatic carbocycles. The number of fused-ring (bicyclic) bond motifs is 12. The van der Waals surface area contributed by atoms with Crippen LogP contribution in [0.2, 0.25) is 0 Å². The van der Waals surface area contributed by atoms with Crippen LogP contribution in [0.15, 0.2) is 127 Å². The standard InChI is InChI=1S/C38H21N3S2/c1-2-12-24(13-3-1)33-31-25-14-6-4-10-22(25)18-20-28(31)39-38(40-33)41-29-17-9-8-16-27(29)35-34(41)37-36(43-35)32-26-15-7-5-11-23(26)19-21-30(32)42-37/h1-21H. The van der Waals surface area contributed by atoms with Gasteiger partial charge < -0.3 is 0 Å². The number of nitrogens with zero attached hydrogens (tertiary/aromatic N) is 3. The van der Waals surface area contributed by atoms with Gasteiger partial charge in [-0.05, 0) is 39.7 Å². The Morgan fingerprint density at radius 3 is 1.98 bits per heavy atom. The molecule has 0 N–H and O–H groups in total. The van der Waals surface area contributed by atoms with Gasteiger partial charge in [0.05, 0.1) is 36.3 Å². The number of benzene rings is 6. The molecule has 0 fully saturated rings. The summed E-state index contributed by atoms with van der Waals surface area (Å²) in [5.41, 5.74) is 5.32. The summed E-state index contributed by atoms with van der Waals surface area (Å²) in [6.45, 7) is 0. The number of thiophene rings is 2. The number of hydrogen-bond acceptors (Lipinski definition) is 4. The minimum atomic E-state index is 0.704. The summed E-state index contributed by atoms with van der Waals surface area (Å²) in [6.07, 6.45) is 0. The lowest BCUT2D eigenvalue weighted by Crippen LogP contribution is -2.03. The molecule has 10 aromatic rings.